The second-order valence-electron chi connectivity index (χ2n) is 6.18. The number of aliphatic hydroxyl groups excluding tert-OH is 2. The van der Waals surface area contributed by atoms with Gasteiger partial charge in [0, 0.05) is 18.2 Å². The van der Waals surface area contributed by atoms with E-state index in [0.29, 0.717) is 5.56 Å². The maximum atomic E-state index is 12.7. The van der Waals surface area contributed by atoms with Gasteiger partial charge in [0.25, 0.3) is 5.56 Å². The first kappa shape index (κ1) is 18.4. The molecule has 1 fully saturated rings. The van der Waals surface area contributed by atoms with E-state index in [1.807, 2.05) is 0 Å². The van der Waals surface area contributed by atoms with Crippen molar-refractivity contribution in [3.05, 3.63) is 44.5 Å². The second kappa shape index (κ2) is 7.48. The maximum absolute atomic E-state index is 12.7. The number of rotatable bonds is 6. The van der Waals surface area contributed by atoms with Crippen molar-refractivity contribution >= 4 is 0 Å². The van der Waals surface area contributed by atoms with Gasteiger partial charge in [-0.05, 0) is 6.92 Å². The number of halogens is 1. The highest BCUT2D eigenvalue weighted by atomic mass is 19.1. The predicted molar refractivity (Wildman–Crippen MR) is 86.2 cm³/mol. The van der Waals surface area contributed by atoms with Crippen LogP contribution in [0, 0.1) is 6.92 Å². The number of ether oxygens (including phenoxy) is 1. The Morgan fingerprint density at radius 2 is 2.12 bits per heavy atom. The Morgan fingerprint density at radius 3 is 2.73 bits per heavy atom. The van der Waals surface area contributed by atoms with Gasteiger partial charge in [0.05, 0.1) is 32.0 Å². The fourth-order valence-electron chi connectivity index (χ4n) is 2.92. The van der Waals surface area contributed by atoms with Crippen LogP contribution in [0.4, 0.5) is 4.39 Å². The van der Waals surface area contributed by atoms with Gasteiger partial charge in [0.15, 0.2) is 0 Å². The molecule has 0 saturated carbocycles. The Hall–Kier alpha value is -2.37. The van der Waals surface area contributed by atoms with Gasteiger partial charge in [0.2, 0.25) is 0 Å². The van der Waals surface area contributed by atoms with E-state index in [1.165, 1.54) is 21.6 Å². The van der Waals surface area contributed by atoms with Gasteiger partial charge in [-0.3, -0.25) is 18.6 Å². The van der Waals surface area contributed by atoms with Crippen molar-refractivity contribution in [3.8, 4) is 0 Å². The lowest BCUT2D eigenvalue weighted by atomic mass is 10.2. The van der Waals surface area contributed by atoms with Crippen LogP contribution in [-0.4, -0.2) is 53.2 Å². The average Bonchev–Trinajstić information content (AvgIpc) is 3.24. The number of aryl methyl sites for hydroxylation is 2. The maximum Gasteiger partial charge on any atom is 0.333 e. The van der Waals surface area contributed by atoms with Gasteiger partial charge in [0.1, 0.15) is 24.7 Å². The van der Waals surface area contributed by atoms with Crippen LogP contribution in [0.15, 0.2) is 22.0 Å². The van der Waals surface area contributed by atoms with Crippen molar-refractivity contribution in [2.75, 3.05) is 6.61 Å². The summed E-state index contributed by atoms with van der Waals surface area (Å²) in [6, 6.07) is 0. The molecule has 0 amide bonds. The van der Waals surface area contributed by atoms with E-state index < -0.39 is 36.4 Å². The molecule has 0 radical (unpaired) electrons. The topological polar surface area (TPSA) is 124 Å². The Morgan fingerprint density at radius 1 is 1.35 bits per heavy atom. The molecule has 3 atom stereocenters. The highest BCUT2D eigenvalue weighted by molar-refractivity contribution is 5.04. The normalized spacial score (nSPS) is 22.8. The summed E-state index contributed by atoms with van der Waals surface area (Å²) in [5.41, 5.74) is -0.544. The summed E-state index contributed by atoms with van der Waals surface area (Å²) in [5.74, 6) is 0. The molecule has 1 saturated heterocycles. The monoisotopic (exact) mass is 369 g/mol. The van der Waals surface area contributed by atoms with Crippen LogP contribution in [0.5, 0.6) is 0 Å². The van der Waals surface area contributed by atoms with Crippen LogP contribution >= 0.6 is 0 Å². The number of hydrogen-bond acceptors (Lipinski definition) is 7. The SMILES string of the molecule is Cc1cn([C@H]2CC(O)[C@@H](CO)O2)c(=O)n(CCn2cc(CF)nn2)c1=O. The molecule has 0 spiro atoms. The van der Waals surface area contributed by atoms with E-state index in [1.54, 1.807) is 6.92 Å². The lowest BCUT2D eigenvalue weighted by Crippen LogP contribution is -2.42. The first-order valence-corrected chi connectivity index (χ1v) is 8.16. The molecule has 2 N–H and O–H groups in total. The van der Waals surface area contributed by atoms with Crippen LogP contribution in [0.2, 0.25) is 0 Å². The molecule has 0 bridgehead atoms. The first-order valence-electron chi connectivity index (χ1n) is 8.16. The first-order chi connectivity index (χ1) is 12.4. The molecule has 0 aliphatic carbocycles. The number of nitrogens with zero attached hydrogens (tertiary/aromatic N) is 5. The predicted octanol–water partition coefficient (Wildman–Crippen LogP) is -1.28. The molecule has 10 nitrogen and oxygen atoms in total. The van der Waals surface area contributed by atoms with Crippen LogP contribution in [0.1, 0.15) is 23.9 Å². The zero-order valence-corrected chi connectivity index (χ0v) is 14.2. The molecular formula is C15H20FN5O5. The lowest BCUT2D eigenvalue weighted by molar-refractivity contribution is -0.0464. The van der Waals surface area contributed by atoms with Crippen molar-refractivity contribution in [2.45, 2.75) is 51.5 Å². The largest absolute Gasteiger partial charge is 0.394 e. The van der Waals surface area contributed by atoms with E-state index in [2.05, 4.69) is 10.3 Å². The van der Waals surface area contributed by atoms with Gasteiger partial charge in [-0.1, -0.05) is 5.21 Å². The van der Waals surface area contributed by atoms with E-state index in [-0.39, 0.29) is 31.8 Å². The number of aromatic nitrogens is 5. The summed E-state index contributed by atoms with van der Waals surface area (Å²) in [6.45, 7) is 0.644. The van der Waals surface area contributed by atoms with E-state index in [9.17, 15) is 24.2 Å². The third-order valence-corrected chi connectivity index (χ3v) is 4.34. The van der Waals surface area contributed by atoms with Crippen LogP contribution in [0.3, 0.4) is 0 Å². The zero-order chi connectivity index (χ0) is 18.8. The zero-order valence-electron chi connectivity index (χ0n) is 14.2. The van der Waals surface area contributed by atoms with Crippen molar-refractivity contribution in [3.63, 3.8) is 0 Å². The summed E-state index contributed by atoms with van der Waals surface area (Å²) < 4.78 is 21.7. The van der Waals surface area contributed by atoms with Crippen molar-refractivity contribution in [2.24, 2.45) is 0 Å². The molecule has 1 aliphatic rings. The summed E-state index contributed by atoms with van der Waals surface area (Å²) in [4.78, 5) is 25.0. The summed E-state index contributed by atoms with van der Waals surface area (Å²) in [6.07, 6.45) is 0.473. The highest BCUT2D eigenvalue weighted by Crippen LogP contribution is 2.27. The summed E-state index contributed by atoms with van der Waals surface area (Å²) >= 11 is 0. The van der Waals surface area contributed by atoms with E-state index in [0.717, 1.165) is 4.57 Å². The van der Waals surface area contributed by atoms with Gasteiger partial charge in [-0.25, -0.2) is 9.18 Å². The van der Waals surface area contributed by atoms with Gasteiger partial charge in [-0.15, -0.1) is 5.10 Å². The molecule has 3 rings (SSSR count). The quantitative estimate of drug-likeness (QED) is 0.650. The average molecular weight is 369 g/mol. The molecule has 2 aromatic rings. The Kier molecular flexibility index (Phi) is 5.30. The molecule has 11 heteroatoms. The number of alkyl halides is 1. The van der Waals surface area contributed by atoms with Gasteiger partial charge in [-0.2, -0.15) is 0 Å². The number of aliphatic hydroxyl groups is 2. The van der Waals surface area contributed by atoms with Crippen LogP contribution in [-0.2, 0) is 24.5 Å². The smallest absolute Gasteiger partial charge is 0.333 e. The van der Waals surface area contributed by atoms with Crippen molar-refractivity contribution in [1.29, 1.82) is 0 Å². The fraction of sp³-hybridized carbons (Fsp3) is 0.600. The van der Waals surface area contributed by atoms with E-state index in [4.69, 9.17) is 4.74 Å². The van der Waals surface area contributed by atoms with E-state index >= 15 is 0 Å². The molecule has 3 heterocycles. The molecule has 0 aromatic carbocycles. The third-order valence-electron chi connectivity index (χ3n) is 4.34. The van der Waals surface area contributed by atoms with Gasteiger partial charge >= 0.3 is 5.69 Å². The Balaban J connectivity index is 1.87. The molecule has 1 unspecified atom stereocenters. The van der Waals surface area contributed by atoms with Crippen LogP contribution < -0.4 is 11.2 Å². The van der Waals surface area contributed by atoms with Crippen molar-refractivity contribution in [1.82, 2.24) is 24.1 Å². The highest BCUT2D eigenvalue weighted by Gasteiger charge is 2.35. The van der Waals surface area contributed by atoms with Crippen molar-refractivity contribution < 1.29 is 19.3 Å². The number of hydrogen-bond donors (Lipinski definition) is 2. The molecular weight excluding hydrogens is 349 g/mol. The van der Waals surface area contributed by atoms with Gasteiger partial charge < -0.3 is 14.9 Å². The third kappa shape index (κ3) is 3.45. The minimum atomic E-state index is -0.896. The molecule has 142 valence electrons. The summed E-state index contributed by atoms with van der Waals surface area (Å²) in [7, 11) is 0. The minimum absolute atomic E-state index is 0.0210. The molecule has 2 aromatic heterocycles. The second-order valence-corrected chi connectivity index (χ2v) is 6.18. The molecule has 1 aliphatic heterocycles. The Labute approximate surface area is 147 Å². The standard InChI is InChI=1S/C15H20FN5O5/c1-9-6-21(13-4-11(23)12(8-22)26-13)15(25)20(14(9)24)3-2-19-7-10(5-16)17-18-19/h6-7,11-13,22-23H,2-5,8H2,1H3/t11?,12-,13-/m1/s1. The molecule has 26 heavy (non-hydrogen) atoms. The summed E-state index contributed by atoms with van der Waals surface area (Å²) in [5, 5.41) is 26.4. The lowest BCUT2D eigenvalue weighted by Gasteiger charge is -2.17. The van der Waals surface area contributed by atoms with Crippen LogP contribution in [0.25, 0.3) is 0 Å². The minimum Gasteiger partial charge on any atom is -0.394 e. The fourth-order valence-corrected chi connectivity index (χ4v) is 2.92. The Bertz CT molecular complexity index is 891.